The van der Waals surface area contributed by atoms with Crippen LogP contribution in [0.15, 0.2) is 54.7 Å². The van der Waals surface area contributed by atoms with Crippen LogP contribution in [0.25, 0.3) is 16.7 Å². The number of amides is 2. The van der Waals surface area contributed by atoms with E-state index in [9.17, 15) is 23.2 Å². The minimum atomic E-state index is -0.881. The molecule has 3 heterocycles. The number of carbonyl (C=O) groups is 3. The van der Waals surface area contributed by atoms with Gasteiger partial charge in [-0.2, -0.15) is 0 Å². The van der Waals surface area contributed by atoms with Crippen molar-refractivity contribution in [3.63, 3.8) is 0 Å². The molecule has 1 N–H and O–H groups in total. The van der Waals surface area contributed by atoms with Gasteiger partial charge >= 0.3 is 5.97 Å². The Balaban J connectivity index is 1.53. The second-order valence-corrected chi connectivity index (χ2v) is 11.0. The molecule has 0 saturated heterocycles. The van der Waals surface area contributed by atoms with Crippen molar-refractivity contribution in [2.24, 2.45) is 0 Å². The van der Waals surface area contributed by atoms with Crippen LogP contribution < -0.4 is 5.32 Å². The zero-order chi connectivity index (χ0) is 30.0. The molecule has 0 radical (unpaired) electrons. The third-order valence-electron chi connectivity index (χ3n) is 7.77. The average Bonchev–Trinajstić information content (AvgIpc) is 2.97. The molecule has 0 fully saturated rings. The predicted molar refractivity (Wildman–Crippen MR) is 155 cm³/mol. The molecular formula is C32H30ClF2N3O4. The van der Waals surface area contributed by atoms with Crippen LogP contribution in [0.2, 0.25) is 5.02 Å². The summed E-state index contributed by atoms with van der Waals surface area (Å²) in [6.07, 6.45) is 5.12. The van der Waals surface area contributed by atoms with Crippen molar-refractivity contribution >= 4 is 35.0 Å². The largest absolute Gasteiger partial charge is 0.469 e. The number of nitrogens with zero attached hydrogens (tertiary/aromatic N) is 2. The van der Waals surface area contributed by atoms with Gasteiger partial charge in [0.25, 0.3) is 5.91 Å². The van der Waals surface area contributed by atoms with Gasteiger partial charge in [-0.15, -0.1) is 0 Å². The Kier molecular flexibility index (Phi) is 8.68. The number of rotatable bonds is 4. The second kappa shape index (κ2) is 12.4. The Bertz CT molecular complexity index is 1590. The van der Waals surface area contributed by atoms with E-state index in [-0.39, 0.29) is 53.4 Å². The fraction of sp³-hybridized carbons (Fsp3) is 0.312. The highest BCUT2D eigenvalue weighted by atomic mass is 35.5. The highest BCUT2D eigenvalue weighted by Gasteiger charge is 2.31. The van der Waals surface area contributed by atoms with E-state index in [1.165, 1.54) is 13.2 Å². The van der Waals surface area contributed by atoms with E-state index in [1.807, 2.05) is 13.0 Å². The van der Waals surface area contributed by atoms with Crippen molar-refractivity contribution in [2.75, 3.05) is 13.7 Å². The molecule has 0 aliphatic carbocycles. The Morgan fingerprint density at radius 2 is 1.93 bits per heavy atom. The number of hydrogen-bond donors (Lipinski definition) is 1. The first kappa shape index (κ1) is 29.4. The molecular weight excluding hydrogens is 564 g/mol. The van der Waals surface area contributed by atoms with Crippen LogP contribution in [0.4, 0.5) is 8.78 Å². The summed E-state index contributed by atoms with van der Waals surface area (Å²) in [7, 11) is 1.32. The van der Waals surface area contributed by atoms with Crippen molar-refractivity contribution in [1.82, 2.24) is 15.2 Å². The van der Waals surface area contributed by atoms with Crippen molar-refractivity contribution in [3.05, 3.63) is 93.8 Å². The lowest BCUT2D eigenvalue weighted by Gasteiger charge is -2.34. The number of methoxy groups -OCH3 is 1. The number of esters is 1. The molecule has 2 aromatic carbocycles. The number of carbonyl (C=O) groups excluding carboxylic acids is 3. The first-order chi connectivity index (χ1) is 20.2. The fourth-order valence-corrected chi connectivity index (χ4v) is 5.77. The minimum Gasteiger partial charge on any atom is -0.469 e. The van der Waals surface area contributed by atoms with Crippen molar-refractivity contribution < 1.29 is 27.9 Å². The van der Waals surface area contributed by atoms with Gasteiger partial charge in [0, 0.05) is 30.4 Å². The summed E-state index contributed by atoms with van der Waals surface area (Å²) in [4.78, 5) is 45.0. The number of benzene rings is 2. The highest BCUT2D eigenvalue weighted by Crippen LogP contribution is 2.36. The normalized spacial score (nSPS) is 19.2. The number of fused-ring (bicyclic) bond motifs is 4. The summed E-state index contributed by atoms with van der Waals surface area (Å²) in [5, 5.41) is 2.85. The van der Waals surface area contributed by atoms with Crippen LogP contribution in [-0.4, -0.2) is 47.4 Å². The van der Waals surface area contributed by atoms with Gasteiger partial charge in [0.2, 0.25) is 5.91 Å². The zero-order valence-corrected chi connectivity index (χ0v) is 24.0. The molecule has 2 aliphatic heterocycles. The van der Waals surface area contributed by atoms with Crippen LogP contribution in [0.1, 0.15) is 65.8 Å². The van der Waals surface area contributed by atoms with Crippen LogP contribution in [0, 0.1) is 11.6 Å². The number of aromatic nitrogens is 1. The number of nitrogens with one attached hydrogen (secondary N) is 1. The maximum Gasteiger partial charge on any atom is 0.309 e. The van der Waals surface area contributed by atoms with Crippen LogP contribution in [0.3, 0.4) is 0 Å². The molecule has 2 bridgehead atoms. The number of ether oxygens (including phenoxy) is 1. The van der Waals surface area contributed by atoms with Gasteiger partial charge in [-0.1, -0.05) is 23.7 Å². The summed E-state index contributed by atoms with van der Waals surface area (Å²) >= 11 is 5.89. The van der Waals surface area contributed by atoms with E-state index >= 15 is 0 Å². The topological polar surface area (TPSA) is 88.6 Å². The Morgan fingerprint density at radius 3 is 2.69 bits per heavy atom. The van der Waals surface area contributed by atoms with E-state index < -0.39 is 23.6 Å². The average molecular weight is 594 g/mol. The lowest BCUT2D eigenvalue weighted by molar-refractivity contribution is -0.139. The third-order valence-corrected chi connectivity index (χ3v) is 8.07. The quantitative estimate of drug-likeness (QED) is 0.294. The third kappa shape index (κ3) is 6.06. The SMILES string of the molecule is COC(=O)Cc1ccc2c(c1)C(=O)NC(C)CCC[C@H](N1CCC(c3c(F)ccc(Cl)c3F)=CC1=O)c1cc-2ccn1. The maximum absolute atomic E-state index is 14.7. The predicted octanol–water partition coefficient (Wildman–Crippen LogP) is 6.05. The minimum absolute atomic E-state index is 0.0336. The van der Waals surface area contributed by atoms with Gasteiger partial charge in [0.15, 0.2) is 5.82 Å². The molecule has 218 valence electrons. The standard InChI is InChI=1S/C32H30ClF2N3O4/c1-18-4-3-5-27(38-13-11-21(17-28(38)39)30-25(34)9-8-24(33)31(30)35)26-16-20(10-12-36-26)22-7-6-19(15-29(40)42-2)14-23(22)32(41)37-18/h6-10,12,14,16-18,27H,3-5,11,13,15H2,1-2H3,(H,37,41)/t18?,27-/m0/s1. The van der Waals surface area contributed by atoms with Gasteiger partial charge in [-0.3, -0.25) is 19.4 Å². The molecule has 5 rings (SSSR count). The Hall–Kier alpha value is -4.11. The van der Waals surface area contributed by atoms with Gasteiger partial charge in [0.05, 0.1) is 35.9 Å². The molecule has 10 heteroatoms. The summed E-state index contributed by atoms with van der Waals surface area (Å²) in [6, 6.07) is 10.6. The number of halogens is 3. The van der Waals surface area contributed by atoms with E-state index in [1.54, 1.807) is 35.4 Å². The summed E-state index contributed by atoms with van der Waals surface area (Å²) < 4.78 is 34.1. The van der Waals surface area contributed by atoms with Gasteiger partial charge in [-0.25, -0.2) is 8.78 Å². The molecule has 42 heavy (non-hydrogen) atoms. The Morgan fingerprint density at radius 1 is 1.12 bits per heavy atom. The smallest absolute Gasteiger partial charge is 0.309 e. The number of hydrogen-bond acceptors (Lipinski definition) is 5. The number of pyridine rings is 1. The molecule has 1 aromatic heterocycles. The fourth-order valence-electron chi connectivity index (χ4n) is 5.62. The van der Waals surface area contributed by atoms with Crippen molar-refractivity contribution in [3.8, 4) is 11.1 Å². The second-order valence-electron chi connectivity index (χ2n) is 10.6. The highest BCUT2D eigenvalue weighted by molar-refractivity contribution is 6.31. The van der Waals surface area contributed by atoms with Crippen molar-refractivity contribution in [2.45, 2.75) is 51.1 Å². The summed E-state index contributed by atoms with van der Waals surface area (Å²) in [6.45, 7) is 2.16. The Labute approximate surface area is 247 Å². The molecule has 3 aromatic rings. The van der Waals surface area contributed by atoms with E-state index in [0.717, 1.165) is 17.7 Å². The van der Waals surface area contributed by atoms with E-state index in [4.69, 9.17) is 16.3 Å². The van der Waals surface area contributed by atoms with E-state index in [0.29, 0.717) is 41.6 Å². The lowest BCUT2D eigenvalue weighted by atomic mass is 9.92. The van der Waals surface area contributed by atoms with E-state index in [2.05, 4.69) is 10.3 Å². The molecule has 2 aliphatic rings. The van der Waals surface area contributed by atoms with Gasteiger partial charge in [0.1, 0.15) is 5.82 Å². The summed E-state index contributed by atoms with van der Waals surface area (Å²) in [5.41, 5.74) is 3.10. The maximum atomic E-state index is 14.7. The van der Waals surface area contributed by atoms with Crippen molar-refractivity contribution in [1.29, 1.82) is 0 Å². The molecule has 0 saturated carbocycles. The van der Waals surface area contributed by atoms with Gasteiger partial charge < -0.3 is 15.0 Å². The molecule has 7 nitrogen and oxygen atoms in total. The zero-order valence-electron chi connectivity index (χ0n) is 23.3. The molecule has 2 atom stereocenters. The van der Waals surface area contributed by atoms with Crippen LogP contribution in [0.5, 0.6) is 0 Å². The molecule has 1 unspecified atom stereocenters. The van der Waals surface area contributed by atoms with Gasteiger partial charge in [-0.05, 0) is 85.2 Å². The first-order valence-electron chi connectivity index (χ1n) is 13.8. The first-order valence-corrected chi connectivity index (χ1v) is 14.2. The lowest BCUT2D eigenvalue weighted by Crippen LogP contribution is -2.38. The monoisotopic (exact) mass is 593 g/mol. The molecule has 0 spiro atoms. The van der Waals surface area contributed by atoms with Crippen LogP contribution >= 0.6 is 11.6 Å². The summed E-state index contributed by atoms with van der Waals surface area (Å²) in [5.74, 6) is -2.67. The van der Waals surface area contributed by atoms with Crippen LogP contribution in [-0.2, 0) is 20.7 Å². The molecule has 2 amide bonds.